The van der Waals surface area contributed by atoms with Crippen LogP contribution in [0.15, 0.2) is 70.6 Å². The molecule has 1 heterocycles. The zero-order valence-electron chi connectivity index (χ0n) is 20.8. The molecule has 1 unspecified atom stereocenters. The van der Waals surface area contributed by atoms with Gasteiger partial charge in [-0.2, -0.15) is 5.10 Å². The average molecular weight is 465 g/mol. The van der Waals surface area contributed by atoms with Gasteiger partial charge in [-0.15, -0.1) is 11.8 Å². The van der Waals surface area contributed by atoms with Crippen LogP contribution in [0, 0.1) is 6.92 Å². The van der Waals surface area contributed by atoms with E-state index in [-0.39, 0.29) is 0 Å². The number of aromatic nitrogens is 2. The van der Waals surface area contributed by atoms with E-state index in [2.05, 4.69) is 5.10 Å². The van der Waals surface area contributed by atoms with Crippen molar-refractivity contribution < 1.29 is 8.39 Å². The van der Waals surface area contributed by atoms with E-state index < -0.39 is 11.1 Å². The van der Waals surface area contributed by atoms with E-state index in [1.807, 2.05) is 122 Å². The van der Waals surface area contributed by atoms with E-state index in [0.717, 1.165) is 16.4 Å². The molecule has 0 radical (unpaired) electrons. The summed E-state index contributed by atoms with van der Waals surface area (Å²) in [6.07, 6.45) is 1.93. The summed E-state index contributed by atoms with van der Waals surface area (Å²) in [6.45, 7) is 17.9. The maximum absolute atomic E-state index is 12.4. The van der Waals surface area contributed by atoms with E-state index in [4.69, 9.17) is 4.18 Å². The first kappa shape index (κ1) is 31.1. The quantitative estimate of drug-likeness (QED) is 0.358. The Bertz CT molecular complexity index is 820. The van der Waals surface area contributed by atoms with Gasteiger partial charge in [0.1, 0.15) is 0 Å². The molecular formula is C25H40N2O2S2. The van der Waals surface area contributed by atoms with Crippen molar-refractivity contribution in [1.29, 1.82) is 0 Å². The Morgan fingerprint density at radius 2 is 1.26 bits per heavy atom. The van der Waals surface area contributed by atoms with Crippen LogP contribution < -0.4 is 4.18 Å². The van der Waals surface area contributed by atoms with Crippen LogP contribution >= 0.6 is 11.8 Å². The van der Waals surface area contributed by atoms with Gasteiger partial charge in [0.25, 0.3) is 0 Å². The predicted molar refractivity (Wildman–Crippen MR) is 139 cm³/mol. The third kappa shape index (κ3) is 9.74. The molecule has 0 amide bonds. The van der Waals surface area contributed by atoms with E-state index in [0.29, 0.717) is 10.6 Å². The smallest absolute Gasteiger partial charge is 0.240 e. The minimum atomic E-state index is -1.57. The number of benzene rings is 2. The van der Waals surface area contributed by atoms with Crippen molar-refractivity contribution in [3.05, 3.63) is 66.4 Å². The molecule has 0 saturated carbocycles. The zero-order valence-corrected chi connectivity index (χ0v) is 22.4. The number of hydrogen-bond donors (Lipinski definition) is 0. The Kier molecular flexibility index (Phi) is 20.0. The number of nitrogens with zero attached hydrogens (tertiary/aromatic N) is 2. The topological polar surface area (TPSA) is 44.1 Å². The van der Waals surface area contributed by atoms with Crippen molar-refractivity contribution in [1.82, 2.24) is 9.78 Å². The summed E-state index contributed by atoms with van der Waals surface area (Å²) in [4.78, 5) is 0.631. The molecule has 0 aliphatic carbocycles. The highest BCUT2D eigenvalue weighted by Crippen LogP contribution is 2.33. The van der Waals surface area contributed by atoms with Crippen LogP contribution in [0.4, 0.5) is 0 Å². The first-order valence-electron chi connectivity index (χ1n) is 11.0. The summed E-state index contributed by atoms with van der Waals surface area (Å²) in [5.74, 6) is 0.559. The summed E-state index contributed by atoms with van der Waals surface area (Å²) in [5.41, 5.74) is 1.77. The molecule has 0 bridgehead atoms. The van der Waals surface area contributed by atoms with Gasteiger partial charge in [-0.05, 0) is 37.4 Å². The SMILES string of the molecule is CC.CC.CC.CC.CSc1nn(-c2ccccc2)c(C)c1OS(=O)c1ccccc1. The molecule has 6 heteroatoms. The minimum absolute atomic E-state index is 0.559. The number of thioether (sulfide) groups is 1. The molecule has 4 nitrogen and oxygen atoms in total. The fraction of sp³-hybridized carbons (Fsp3) is 0.400. The van der Waals surface area contributed by atoms with Gasteiger partial charge in [-0.3, -0.25) is 0 Å². The van der Waals surface area contributed by atoms with Crippen LogP contribution in [0.3, 0.4) is 0 Å². The Balaban J connectivity index is 0. The third-order valence-electron chi connectivity index (χ3n) is 3.32. The normalized spacial score (nSPS) is 9.74. The van der Waals surface area contributed by atoms with Crippen LogP contribution in [0.2, 0.25) is 0 Å². The lowest BCUT2D eigenvalue weighted by molar-refractivity contribution is 0.549. The van der Waals surface area contributed by atoms with Crippen molar-refractivity contribution >= 4 is 22.8 Å². The maximum Gasteiger partial charge on any atom is 0.240 e. The molecule has 1 aromatic heterocycles. The van der Waals surface area contributed by atoms with Crippen molar-refractivity contribution in [3.63, 3.8) is 0 Å². The van der Waals surface area contributed by atoms with Crippen LogP contribution in [0.1, 0.15) is 61.1 Å². The minimum Gasteiger partial charge on any atom is -0.392 e. The standard InChI is InChI=1S/C17H16N2O2S2.4C2H6/c1-13-16(21-23(20)15-11-7-4-8-12-15)17(22-2)18-19(13)14-9-5-3-6-10-14;4*1-2/h3-12H,1-2H3;4*1-2H3. The average Bonchev–Trinajstić information content (AvgIpc) is 3.20. The maximum atomic E-state index is 12.4. The second-order valence-electron chi connectivity index (χ2n) is 4.80. The molecule has 0 aliphatic rings. The fourth-order valence-electron chi connectivity index (χ4n) is 2.17. The van der Waals surface area contributed by atoms with Gasteiger partial charge >= 0.3 is 0 Å². The molecule has 3 aromatic rings. The van der Waals surface area contributed by atoms with Crippen molar-refractivity contribution in [2.45, 2.75) is 72.2 Å². The molecule has 174 valence electrons. The van der Waals surface area contributed by atoms with Gasteiger partial charge in [0, 0.05) is 0 Å². The van der Waals surface area contributed by atoms with Gasteiger partial charge in [0.05, 0.1) is 16.3 Å². The van der Waals surface area contributed by atoms with E-state index in [1.165, 1.54) is 11.8 Å². The summed E-state index contributed by atoms with van der Waals surface area (Å²) in [6, 6.07) is 18.9. The summed E-state index contributed by atoms with van der Waals surface area (Å²) >= 11 is -0.0954. The second kappa shape index (κ2) is 19.9. The van der Waals surface area contributed by atoms with Crippen LogP contribution in [-0.2, 0) is 11.1 Å². The van der Waals surface area contributed by atoms with Crippen LogP contribution in [-0.4, -0.2) is 20.2 Å². The van der Waals surface area contributed by atoms with E-state index >= 15 is 0 Å². The lowest BCUT2D eigenvalue weighted by Gasteiger charge is -2.06. The number of rotatable bonds is 5. The molecule has 3 rings (SSSR count). The van der Waals surface area contributed by atoms with Crippen LogP contribution in [0.5, 0.6) is 5.75 Å². The Morgan fingerprint density at radius 1 is 0.806 bits per heavy atom. The Hall–Kier alpha value is -2.05. The molecule has 0 aliphatic heterocycles. The van der Waals surface area contributed by atoms with Gasteiger partial charge < -0.3 is 4.18 Å². The summed E-state index contributed by atoms with van der Waals surface area (Å²) in [5, 5.41) is 5.28. The number of para-hydroxylation sites is 1. The lowest BCUT2D eigenvalue weighted by atomic mass is 10.3. The molecule has 31 heavy (non-hydrogen) atoms. The van der Waals surface area contributed by atoms with E-state index in [9.17, 15) is 4.21 Å². The third-order valence-corrected chi connectivity index (χ3v) is 4.95. The lowest BCUT2D eigenvalue weighted by Crippen LogP contribution is -2.03. The molecule has 0 saturated heterocycles. The fourth-order valence-corrected chi connectivity index (χ4v) is 3.58. The zero-order chi connectivity index (χ0) is 24.2. The van der Waals surface area contributed by atoms with Gasteiger partial charge in [0.2, 0.25) is 11.1 Å². The second-order valence-corrected chi connectivity index (χ2v) is 6.70. The summed E-state index contributed by atoms with van der Waals surface area (Å²) < 4.78 is 20.0. The Morgan fingerprint density at radius 3 is 1.71 bits per heavy atom. The molecule has 0 fully saturated rings. The van der Waals surface area contributed by atoms with Crippen molar-refractivity contribution in [2.75, 3.05) is 6.26 Å². The van der Waals surface area contributed by atoms with Crippen molar-refractivity contribution in [2.24, 2.45) is 0 Å². The van der Waals surface area contributed by atoms with Crippen molar-refractivity contribution in [3.8, 4) is 11.4 Å². The van der Waals surface area contributed by atoms with Gasteiger partial charge in [-0.25, -0.2) is 8.89 Å². The van der Waals surface area contributed by atoms with Gasteiger partial charge in [0.15, 0.2) is 10.8 Å². The monoisotopic (exact) mass is 464 g/mol. The van der Waals surface area contributed by atoms with E-state index in [1.54, 1.807) is 12.1 Å². The predicted octanol–water partition coefficient (Wildman–Crippen LogP) is 8.11. The highest BCUT2D eigenvalue weighted by molar-refractivity contribution is 7.98. The molecule has 1 atom stereocenters. The van der Waals surface area contributed by atoms with Crippen LogP contribution in [0.25, 0.3) is 5.69 Å². The highest BCUT2D eigenvalue weighted by atomic mass is 32.2. The molecule has 0 spiro atoms. The molecular weight excluding hydrogens is 424 g/mol. The molecule has 2 aromatic carbocycles. The summed E-state index contributed by atoms with van der Waals surface area (Å²) in [7, 11) is 0. The highest BCUT2D eigenvalue weighted by Gasteiger charge is 2.19. The first-order chi connectivity index (χ1) is 15.2. The first-order valence-corrected chi connectivity index (χ1v) is 13.3. The molecule has 0 N–H and O–H groups in total. The largest absolute Gasteiger partial charge is 0.392 e. The number of hydrogen-bond acceptors (Lipinski definition) is 4. The Labute approximate surface area is 197 Å². The van der Waals surface area contributed by atoms with Gasteiger partial charge in [-0.1, -0.05) is 91.8 Å².